The lowest BCUT2D eigenvalue weighted by molar-refractivity contribution is 0.0382. The first-order valence-corrected chi connectivity index (χ1v) is 4.31. The summed E-state index contributed by atoms with van der Waals surface area (Å²) in [4.78, 5) is 12.0. The summed E-state index contributed by atoms with van der Waals surface area (Å²) < 4.78 is 0. The van der Waals surface area contributed by atoms with E-state index in [2.05, 4.69) is 0 Å². The van der Waals surface area contributed by atoms with Crippen LogP contribution in [0.3, 0.4) is 0 Å². The molecule has 76 valence electrons. The average Bonchev–Trinajstić information content (AvgIpc) is 2.03. The second-order valence-corrected chi connectivity index (χ2v) is 4.10. The van der Waals surface area contributed by atoms with Gasteiger partial charge in [0.15, 0.2) is 0 Å². The number of carboxylic acid groups (broad SMARTS) is 1. The Labute approximate surface area is 77.1 Å². The number of amides is 1. The zero-order valence-electron chi connectivity index (χ0n) is 7.73. The Hall–Kier alpha value is -0.810. The minimum atomic E-state index is -0.963. The first-order valence-electron chi connectivity index (χ1n) is 4.31. The monoisotopic (exact) mass is 188 g/mol. The van der Waals surface area contributed by atoms with Gasteiger partial charge in [-0.2, -0.15) is 0 Å². The molecule has 1 aliphatic heterocycles. The molecule has 0 aliphatic carbocycles. The van der Waals surface area contributed by atoms with Gasteiger partial charge in [-0.05, 0) is 6.42 Å². The van der Waals surface area contributed by atoms with Crippen LogP contribution in [-0.4, -0.2) is 46.9 Å². The molecular formula is C8H16N2O3. The van der Waals surface area contributed by atoms with Crippen LogP contribution in [0.1, 0.15) is 13.3 Å². The van der Waals surface area contributed by atoms with Crippen LogP contribution in [0.2, 0.25) is 0 Å². The number of likely N-dealkylation sites (tertiary alicyclic amines) is 1. The van der Waals surface area contributed by atoms with Crippen LogP contribution < -0.4 is 5.73 Å². The van der Waals surface area contributed by atoms with E-state index in [0.29, 0.717) is 19.5 Å². The molecule has 1 amide bonds. The molecule has 0 spiro atoms. The molecule has 1 aliphatic rings. The van der Waals surface area contributed by atoms with Gasteiger partial charge in [0.1, 0.15) is 0 Å². The van der Waals surface area contributed by atoms with Gasteiger partial charge in [-0.1, -0.05) is 6.92 Å². The second-order valence-electron chi connectivity index (χ2n) is 4.10. The molecule has 2 unspecified atom stereocenters. The van der Waals surface area contributed by atoms with E-state index in [1.54, 1.807) is 0 Å². The highest BCUT2D eigenvalue weighted by atomic mass is 16.4. The van der Waals surface area contributed by atoms with Crippen molar-refractivity contribution in [3.05, 3.63) is 0 Å². The summed E-state index contributed by atoms with van der Waals surface area (Å²) in [6, 6.07) is -0.165. The predicted molar refractivity (Wildman–Crippen MR) is 47.4 cm³/mol. The topological polar surface area (TPSA) is 86.8 Å². The van der Waals surface area contributed by atoms with Crippen LogP contribution in [-0.2, 0) is 0 Å². The van der Waals surface area contributed by atoms with Gasteiger partial charge in [0, 0.05) is 24.5 Å². The Balaban J connectivity index is 2.68. The number of nitrogens with two attached hydrogens (primary N) is 1. The third-order valence-corrected chi connectivity index (χ3v) is 2.43. The van der Waals surface area contributed by atoms with Gasteiger partial charge in [0.2, 0.25) is 0 Å². The van der Waals surface area contributed by atoms with Gasteiger partial charge in [-0.15, -0.1) is 0 Å². The summed E-state index contributed by atoms with van der Waals surface area (Å²) in [6.07, 6.45) is -0.289. The van der Waals surface area contributed by atoms with E-state index in [9.17, 15) is 4.79 Å². The van der Waals surface area contributed by atoms with Crippen LogP contribution in [0.5, 0.6) is 0 Å². The highest BCUT2D eigenvalue weighted by Gasteiger charge is 2.36. The number of nitrogens with zero attached hydrogens (tertiary/aromatic N) is 1. The maximum absolute atomic E-state index is 10.7. The lowest BCUT2D eigenvalue weighted by atomic mass is 9.81. The minimum absolute atomic E-state index is 0.0233. The fourth-order valence-corrected chi connectivity index (χ4v) is 1.83. The summed E-state index contributed by atoms with van der Waals surface area (Å²) in [5.41, 5.74) is 5.32. The molecule has 0 aromatic heterocycles. The van der Waals surface area contributed by atoms with Crippen molar-refractivity contribution < 1.29 is 15.0 Å². The number of rotatable bonds is 1. The molecule has 1 heterocycles. The summed E-state index contributed by atoms with van der Waals surface area (Å²) in [5.74, 6) is 0. The zero-order valence-corrected chi connectivity index (χ0v) is 7.73. The molecule has 5 nitrogen and oxygen atoms in total. The van der Waals surface area contributed by atoms with Gasteiger partial charge in [-0.3, -0.25) is 0 Å². The summed E-state index contributed by atoms with van der Waals surface area (Å²) in [5, 5.41) is 17.9. The largest absolute Gasteiger partial charge is 0.465 e. The van der Waals surface area contributed by atoms with Gasteiger partial charge in [-0.25, -0.2) is 4.79 Å². The van der Waals surface area contributed by atoms with Crippen molar-refractivity contribution in [2.24, 2.45) is 11.1 Å². The number of aliphatic hydroxyl groups excluding tert-OH is 1. The smallest absolute Gasteiger partial charge is 0.407 e. The standard InChI is InChI=1S/C8H16N2O3/c1-8(5-11)2-6(9)3-10(4-8)7(12)13/h6,11H,2-5,9H2,1H3,(H,12,13). The van der Waals surface area contributed by atoms with E-state index in [1.807, 2.05) is 6.92 Å². The fourth-order valence-electron chi connectivity index (χ4n) is 1.83. The highest BCUT2D eigenvalue weighted by Crippen LogP contribution is 2.28. The van der Waals surface area contributed by atoms with E-state index >= 15 is 0 Å². The third kappa shape index (κ3) is 2.32. The van der Waals surface area contributed by atoms with Crippen molar-refractivity contribution in [3.63, 3.8) is 0 Å². The summed E-state index contributed by atoms with van der Waals surface area (Å²) in [7, 11) is 0. The fraction of sp³-hybridized carbons (Fsp3) is 0.875. The van der Waals surface area contributed by atoms with Crippen LogP contribution >= 0.6 is 0 Å². The number of hydrogen-bond acceptors (Lipinski definition) is 3. The molecule has 0 radical (unpaired) electrons. The minimum Gasteiger partial charge on any atom is -0.465 e. The van der Waals surface area contributed by atoms with Gasteiger partial charge >= 0.3 is 6.09 Å². The maximum Gasteiger partial charge on any atom is 0.407 e. The predicted octanol–water partition coefficient (Wildman–Crippen LogP) is -0.304. The molecule has 0 aromatic carbocycles. The molecule has 1 rings (SSSR count). The number of piperidine rings is 1. The van der Waals surface area contributed by atoms with Crippen molar-refractivity contribution in [2.45, 2.75) is 19.4 Å². The molecule has 0 saturated carbocycles. The lowest BCUT2D eigenvalue weighted by Gasteiger charge is -2.40. The maximum atomic E-state index is 10.7. The molecule has 2 atom stereocenters. The molecule has 5 heteroatoms. The van der Waals surface area contributed by atoms with Gasteiger partial charge < -0.3 is 20.8 Å². The van der Waals surface area contributed by atoms with Crippen molar-refractivity contribution in [2.75, 3.05) is 19.7 Å². The SMILES string of the molecule is CC1(CO)CC(N)CN(C(=O)O)C1. The number of carbonyl (C=O) groups is 1. The lowest BCUT2D eigenvalue weighted by Crippen LogP contribution is -2.54. The molecule has 13 heavy (non-hydrogen) atoms. The summed E-state index contributed by atoms with van der Waals surface area (Å²) >= 11 is 0. The summed E-state index contributed by atoms with van der Waals surface area (Å²) in [6.45, 7) is 2.56. The van der Waals surface area contributed by atoms with E-state index < -0.39 is 6.09 Å². The van der Waals surface area contributed by atoms with E-state index in [-0.39, 0.29) is 18.1 Å². The van der Waals surface area contributed by atoms with Crippen LogP contribution in [0.25, 0.3) is 0 Å². The second kappa shape index (κ2) is 3.51. The Kier molecular flexibility index (Phi) is 2.77. The molecule has 1 saturated heterocycles. The van der Waals surface area contributed by atoms with Gasteiger partial charge in [0.05, 0.1) is 6.61 Å². The molecule has 1 fully saturated rings. The molecular weight excluding hydrogens is 172 g/mol. The molecule has 0 aromatic rings. The molecule has 4 N–H and O–H groups in total. The zero-order chi connectivity index (χ0) is 10.1. The Morgan fingerprint density at radius 2 is 2.38 bits per heavy atom. The van der Waals surface area contributed by atoms with Crippen LogP contribution in [0, 0.1) is 5.41 Å². The normalized spacial score (nSPS) is 34.7. The Bertz CT molecular complexity index is 210. The van der Waals surface area contributed by atoms with E-state index in [0.717, 1.165) is 0 Å². The first kappa shape index (κ1) is 10.3. The van der Waals surface area contributed by atoms with Gasteiger partial charge in [0.25, 0.3) is 0 Å². The highest BCUT2D eigenvalue weighted by molar-refractivity contribution is 5.65. The van der Waals surface area contributed by atoms with E-state index in [1.165, 1.54) is 4.90 Å². The quantitative estimate of drug-likeness (QED) is 0.527. The third-order valence-electron chi connectivity index (χ3n) is 2.43. The van der Waals surface area contributed by atoms with Crippen LogP contribution in [0.4, 0.5) is 4.79 Å². The number of hydrogen-bond donors (Lipinski definition) is 3. The van der Waals surface area contributed by atoms with Crippen molar-refractivity contribution in [3.8, 4) is 0 Å². The van der Waals surface area contributed by atoms with Crippen molar-refractivity contribution >= 4 is 6.09 Å². The van der Waals surface area contributed by atoms with Crippen LogP contribution in [0.15, 0.2) is 0 Å². The first-order chi connectivity index (χ1) is 5.97. The van der Waals surface area contributed by atoms with Crippen molar-refractivity contribution in [1.29, 1.82) is 0 Å². The average molecular weight is 188 g/mol. The molecule has 0 bridgehead atoms. The Morgan fingerprint density at radius 1 is 1.77 bits per heavy atom. The number of aliphatic hydroxyl groups is 1. The van der Waals surface area contributed by atoms with Crippen molar-refractivity contribution in [1.82, 2.24) is 4.90 Å². The van der Waals surface area contributed by atoms with E-state index in [4.69, 9.17) is 15.9 Å². The Morgan fingerprint density at radius 3 is 2.85 bits per heavy atom.